The summed E-state index contributed by atoms with van der Waals surface area (Å²) < 4.78 is 0. The lowest BCUT2D eigenvalue weighted by Crippen LogP contribution is -2.33. The molecule has 0 aliphatic rings. The third kappa shape index (κ3) is 11.8. The molecule has 0 fully saturated rings. The van der Waals surface area contributed by atoms with E-state index < -0.39 is 0 Å². The molecule has 0 spiro atoms. The molecule has 0 saturated carbocycles. The van der Waals surface area contributed by atoms with Crippen LogP contribution in [0.15, 0.2) is 0 Å². The van der Waals surface area contributed by atoms with E-state index in [4.69, 9.17) is 0 Å². The first-order valence-corrected chi connectivity index (χ1v) is 6.20. The van der Waals surface area contributed by atoms with Crippen molar-refractivity contribution in [3.63, 3.8) is 0 Å². The van der Waals surface area contributed by atoms with Gasteiger partial charge in [-0.15, -0.1) is 0 Å². The van der Waals surface area contributed by atoms with E-state index in [9.17, 15) is 5.11 Å². The molecule has 0 aliphatic carbocycles. The van der Waals surface area contributed by atoms with Crippen LogP contribution in [0.4, 0.5) is 0 Å². The van der Waals surface area contributed by atoms with Gasteiger partial charge in [0, 0.05) is 13.1 Å². The van der Waals surface area contributed by atoms with Crippen LogP contribution in [0.3, 0.4) is 0 Å². The largest absolute Gasteiger partial charge is 0.392 e. The molecule has 0 aromatic rings. The lowest BCUT2D eigenvalue weighted by Gasteiger charge is -2.20. The lowest BCUT2D eigenvalue weighted by molar-refractivity contribution is 0.152. The van der Waals surface area contributed by atoms with E-state index in [1.54, 1.807) is 0 Å². The Bertz CT molecular complexity index is 149. The van der Waals surface area contributed by atoms with E-state index in [0.717, 1.165) is 31.8 Å². The molecule has 0 bridgehead atoms. The predicted molar refractivity (Wildman–Crippen MR) is 67.0 cm³/mol. The highest BCUT2D eigenvalue weighted by Gasteiger charge is 2.10. The first-order chi connectivity index (χ1) is 6.81. The zero-order valence-corrected chi connectivity index (χ0v) is 11.1. The maximum Gasteiger partial charge on any atom is 0.0664 e. The zero-order valence-electron chi connectivity index (χ0n) is 11.1. The molecule has 0 radical (unpaired) electrons. The van der Waals surface area contributed by atoms with Gasteiger partial charge in [0.2, 0.25) is 0 Å². The highest BCUT2D eigenvalue weighted by Crippen LogP contribution is 2.11. The van der Waals surface area contributed by atoms with E-state index in [-0.39, 0.29) is 6.10 Å². The second-order valence-corrected chi connectivity index (χ2v) is 6.17. The maximum absolute atomic E-state index is 9.70. The molecule has 2 heteroatoms. The second-order valence-electron chi connectivity index (χ2n) is 6.17. The Morgan fingerprint density at radius 1 is 1.13 bits per heavy atom. The summed E-state index contributed by atoms with van der Waals surface area (Å²) in [5.74, 6) is 0.750. The number of aliphatic hydroxyl groups is 1. The van der Waals surface area contributed by atoms with Crippen LogP contribution in [0.1, 0.15) is 53.9 Å². The third-order valence-corrected chi connectivity index (χ3v) is 2.35. The molecule has 15 heavy (non-hydrogen) atoms. The van der Waals surface area contributed by atoms with Crippen molar-refractivity contribution in [2.24, 2.45) is 11.3 Å². The van der Waals surface area contributed by atoms with Gasteiger partial charge >= 0.3 is 0 Å². The molecule has 1 atom stereocenters. The molecule has 2 N–H and O–H groups in total. The number of rotatable bonds is 7. The molecule has 0 aromatic heterocycles. The Balaban J connectivity index is 3.37. The van der Waals surface area contributed by atoms with E-state index in [0.29, 0.717) is 5.41 Å². The fraction of sp³-hybridized carbons (Fsp3) is 1.00. The number of aliphatic hydroxyl groups excluding tert-OH is 1. The minimum absolute atomic E-state index is 0.175. The summed E-state index contributed by atoms with van der Waals surface area (Å²) in [5, 5.41) is 13.0. The Morgan fingerprint density at radius 2 is 1.73 bits per heavy atom. The summed E-state index contributed by atoms with van der Waals surface area (Å²) in [7, 11) is 0. The van der Waals surface area contributed by atoms with Crippen LogP contribution in [-0.4, -0.2) is 24.3 Å². The molecule has 92 valence electrons. The molecule has 0 unspecified atom stereocenters. The van der Waals surface area contributed by atoms with Crippen molar-refractivity contribution in [3.8, 4) is 0 Å². The summed E-state index contributed by atoms with van der Waals surface area (Å²) in [6.45, 7) is 12.7. The molecular formula is C13H29NO. The lowest BCUT2D eigenvalue weighted by atomic mass is 9.97. The van der Waals surface area contributed by atoms with Gasteiger partial charge in [-0.25, -0.2) is 0 Å². The SMILES string of the molecule is CC(C)CCC[C@H](O)CNCC(C)(C)C. The van der Waals surface area contributed by atoms with Gasteiger partial charge in [-0.3, -0.25) is 0 Å². The molecule has 0 saturated heterocycles. The molecule has 0 rings (SSSR count). The van der Waals surface area contributed by atoms with Gasteiger partial charge in [-0.2, -0.15) is 0 Å². The van der Waals surface area contributed by atoms with E-state index >= 15 is 0 Å². The standard InChI is InChI=1S/C13H29NO/c1-11(2)7-6-8-12(15)9-14-10-13(3,4)5/h11-12,14-15H,6-10H2,1-5H3/t12-/m0/s1. The summed E-state index contributed by atoms with van der Waals surface area (Å²) in [6, 6.07) is 0. The van der Waals surface area contributed by atoms with Gasteiger partial charge in [0.25, 0.3) is 0 Å². The smallest absolute Gasteiger partial charge is 0.0664 e. The van der Waals surface area contributed by atoms with Crippen LogP contribution in [0.5, 0.6) is 0 Å². The van der Waals surface area contributed by atoms with Crippen LogP contribution in [0.25, 0.3) is 0 Å². The van der Waals surface area contributed by atoms with Crippen molar-refractivity contribution >= 4 is 0 Å². The first-order valence-electron chi connectivity index (χ1n) is 6.20. The van der Waals surface area contributed by atoms with Crippen molar-refractivity contribution < 1.29 is 5.11 Å². The van der Waals surface area contributed by atoms with Crippen molar-refractivity contribution in [2.75, 3.05) is 13.1 Å². The topological polar surface area (TPSA) is 32.3 Å². The monoisotopic (exact) mass is 215 g/mol. The molecule has 0 amide bonds. The summed E-state index contributed by atoms with van der Waals surface area (Å²) in [4.78, 5) is 0. The van der Waals surface area contributed by atoms with Gasteiger partial charge < -0.3 is 10.4 Å². The van der Waals surface area contributed by atoms with Crippen LogP contribution in [-0.2, 0) is 0 Å². The maximum atomic E-state index is 9.70. The molecule has 0 aromatic carbocycles. The highest BCUT2D eigenvalue weighted by molar-refractivity contribution is 4.67. The minimum atomic E-state index is -0.175. The second kappa shape index (κ2) is 7.24. The molecule has 2 nitrogen and oxygen atoms in total. The molecule has 0 aliphatic heterocycles. The Kier molecular flexibility index (Phi) is 7.20. The van der Waals surface area contributed by atoms with Crippen molar-refractivity contribution in [3.05, 3.63) is 0 Å². The molecule has 0 heterocycles. The van der Waals surface area contributed by atoms with Crippen molar-refractivity contribution in [1.82, 2.24) is 5.32 Å². The quantitative estimate of drug-likeness (QED) is 0.684. The summed E-state index contributed by atoms with van der Waals surface area (Å²) in [5.41, 5.74) is 0.303. The van der Waals surface area contributed by atoms with Crippen LogP contribution in [0, 0.1) is 11.3 Å². The van der Waals surface area contributed by atoms with Gasteiger partial charge in [0.15, 0.2) is 0 Å². The normalized spacial score (nSPS) is 14.6. The highest BCUT2D eigenvalue weighted by atomic mass is 16.3. The van der Waals surface area contributed by atoms with Crippen molar-refractivity contribution in [1.29, 1.82) is 0 Å². The fourth-order valence-electron chi connectivity index (χ4n) is 1.48. The Labute approximate surface area is 95.5 Å². The van der Waals surface area contributed by atoms with Gasteiger partial charge in [0.05, 0.1) is 6.10 Å². The number of hydrogen-bond acceptors (Lipinski definition) is 2. The summed E-state index contributed by atoms with van der Waals surface area (Å²) in [6.07, 6.45) is 3.10. The van der Waals surface area contributed by atoms with Crippen LogP contribution < -0.4 is 5.32 Å². The minimum Gasteiger partial charge on any atom is -0.392 e. The average molecular weight is 215 g/mol. The van der Waals surface area contributed by atoms with E-state index in [2.05, 4.69) is 39.9 Å². The van der Waals surface area contributed by atoms with Crippen molar-refractivity contribution in [2.45, 2.75) is 60.0 Å². The fourth-order valence-corrected chi connectivity index (χ4v) is 1.48. The van der Waals surface area contributed by atoms with Crippen LogP contribution in [0.2, 0.25) is 0 Å². The Hall–Kier alpha value is -0.0800. The van der Waals surface area contributed by atoms with Crippen LogP contribution >= 0.6 is 0 Å². The van der Waals surface area contributed by atoms with Gasteiger partial charge in [0.1, 0.15) is 0 Å². The number of nitrogens with one attached hydrogen (secondary N) is 1. The summed E-state index contributed by atoms with van der Waals surface area (Å²) >= 11 is 0. The Morgan fingerprint density at radius 3 is 2.20 bits per heavy atom. The number of hydrogen-bond donors (Lipinski definition) is 2. The van der Waals surface area contributed by atoms with Gasteiger partial charge in [-0.05, 0) is 17.8 Å². The van der Waals surface area contributed by atoms with Gasteiger partial charge in [-0.1, -0.05) is 47.5 Å². The average Bonchev–Trinajstić information content (AvgIpc) is 2.00. The van der Waals surface area contributed by atoms with E-state index in [1.165, 1.54) is 6.42 Å². The third-order valence-electron chi connectivity index (χ3n) is 2.35. The first kappa shape index (κ1) is 14.9. The predicted octanol–water partition coefficient (Wildman–Crippen LogP) is 2.81. The molecular weight excluding hydrogens is 186 g/mol. The van der Waals surface area contributed by atoms with E-state index in [1.807, 2.05) is 0 Å². The zero-order chi connectivity index (χ0) is 11.9.